The van der Waals surface area contributed by atoms with E-state index in [1.54, 1.807) is 6.07 Å². The van der Waals surface area contributed by atoms with Crippen LogP contribution in [0.15, 0.2) is 51.8 Å². The molecule has 0 spiro atoms. The van der Waals surface area contributed by atoms with E-state index in [1.165, 1.54) is 23.9 Å². The van der Waals surface area contributed by atoms with Crippen LogP contribution < -0.4 is 10.5 Å². The predicted molar refractivity (Wildman–Crippen MR) is 81.2 cm³/mol. The number of benzene rings is 2. The van der Waals surface area contributed by atoms with E-state index in [0.717, 1.165) is 15.1 Å². The third kappa shape index (κ3) is 4.44. The highest BCUT2D eigenvalue weighted by Gasteiger charge is 2.02. The monoisotopic (exact) mass is 341 g/mol. The number of nitrogens with two attached hydrogens (primary N) is 1. The minimum atomic E-state index is -0.274. The number of thioether (sulfide) groups is 1. The zero-order valence-corrected chi connectivity index (χ0v) is 12.5. The van der Waals surface area contributed by atoms with Gasteiger partial charge < -0.3 is 10.5 Å². The zero-order chi connectivity index (χ0) is 13.7. The van der Waals surface area contributed by atoms with E-state index < -0.39 is 0 Å². The molecule has 2 aromatic rings. The Kier molecular flexibility index (Phi) is 5.10. The second-order valence-corrected chi connectivity index (χ2v) is 5.89. The first-order valence-electron chi connectivity index (χ1n) is 5.71. The maximum absolute atomic E-state index is 13.1. The summed E-state index contributed by atoms with van der Waals surface area (Å²) < 4.78 is 19.6. The fraction of sp³-hybridized carbons (Fsp3) is 0.143. The topological polar surface area (TPSA) is 35.2 Å². The molecule has 0 aliphatic rings. The van der Waals surface area contributed by atoms with Gasteiger partial charge in [-0.15, -0.1) is 11.8 Å². The second kappa shape index (κ2) is 6.82. The van der Waals surface area contributed by atoms with E-state index in [-0.39, 0.29) is 5.82 Å². The Morgan fingerprint density at radius 1 is 1.21 bits per heavy atom. The van der Waals surface area contributed by atoms with Gasteiger partial charge in [0.1, 0.15) is 11.6 Å². The Balaban J connectivity index is 1.82. The number of hydrogen-bond donors (Lipinski definition) is 1. The molecule has 0 bridgehead atoms. The second-order valence-electron chi connectivity index (χ2n) is 3.84. The Morgan fingerprint density at radius 2 is 2.05 bits per heavy atom. The largest absolute Gasteiger partial charge is 0.493 e. The van der Waals surface area contributed by atoms with E-state index in [9.17, 15) is 4.39 Å². The summed E-state index contributed by atoms with van der Waals surface area (Å²) in [5.41, 5.74) is 6.36. The van der Waals surface area contributed by atoms with Gasteiger partial charge in [0.2, 0.25) is 0 Å². The van der Waals surface area contributed by atoms with Crippen LogP contribution >= 0.6 is 27.7 Å². The van der Waals surface area contributed by atoms with Crippen molar-refractivity contribution in [3.63, 3.8) is 0 Å². The van der Waals surface area contributed by atoms with Crippen molar-refractivity contribution < 1.29 is 9.13 Å². The first-order valence-corrected chi connectivity index (χ1v) is 7.49. The Hall–Kier alpha value is -1.20. The number of rotatable bonds is 5. The molecule has 0 heterocycles. The molecule has 0 amide bonds. The van der Waals surface area contributed by atoms with Crippen LogP contribution in [0.1, 0.15) is 0 Å². The molecule has 0 aliphatic carbocycles. The SMILES string of the molecule is Nc1ccc(F)cc1SCCOc1cccc(Br)c1. The summed E-state index contributed by atoms with van der Waals surface area (Å²) in [6, 6.07) is 12.0. The van der Waals surface area contributed by atoms with Crippen molar-refractivity contribution in [2.75, 3.05) is 18.1 Å². The summed E-state index contributed by atoms with van der Waals surface area (Å²) in [6.45, 7) is 0.539. The van der Waals surface area contributed by atoms with E-state index in [0.29, 0.717) is 18.0 Å². The molecule has 0 aliphatic heterocycles. The Labute approximate surface area is 124 Å². The number of hydrogen-bond acceptors (Lipinski definition) is 3. The van der Waals surface area contributed by atoms with Gasteiger partial charge in [-0.25, -0.2) is 4.39 Å². The maximum Gasteiger partial charge on any atom is 0.124 e. The molecule has 5 heteroatoms. The highest BCUT2D eigenvalue weighted by molar-refractivity contribution is 9.10. The fourth-order valence-corrected chi connectivity index (χ4v) is 2.70. The molecule has 0 atom stereocenters. The van der Waals surface area contributed by atoms with Crippen LogP contribution in [0.5, 0.6) is 5.75 Å². The fourth-order valence-electron chi connectivity index (χ4n) is 1.50. The normalized spacial score (nSPS) is 10.4. The maximum atomic E-state index is 13.1. The molecule has 2 rings (SSSR count). The molecular weight excluding hydrogens is 329 g/mol. The van der Waals surface area contributed by atoms with E-state index in [4.69, 9.17) is 10.5 Å². The van der Waals surface area contributed by atoms with Gasteiger partial charge in [-0.2, -0.15) is 0 Å². The number of ether oxygens (including phenoxy) is 1. The van der Waals surface area contributed by atoms with E-state index in [2.05, 4.69) is 15.9 Å². The lowest BCUT2D eigenvalue weighted by Crippen LogP contribution is -2.00. The van der Waals surface area contributed by atoms with Crippen LogP contribution in [0.25, 0.3) is 0 Å². The van der Waals surface area contributed by atoms with E-state index >= 15 is 0 Å². The molecule has 0 saturated heterocycles. The van der Waals surface area contributed by atoms with Crippen molar-refractivity contribution in [2.45, 2.75) is 4.90 Å². The predicted octanol–water partition coefficient (Wildman–Crippen LogP) is 4.34. The van der Waals surface area contributed by atoms with Gasteiger partial charge in [-0.3, -0.25) is 0 Å². The minimum Gasteiger partial charge on any atom is -0.493 e. The highest BCUT2D eigenvalue weighted by Crippen LogP contribution is 2.26. The van der Waals surface area contributed by atoms with Crippen LogP contribution in [0, 0.1) is 5.82 Å². The molecule has 2 nitrogen and oxygen atoms in total. The summed E-state index contributed by atoms with van der Waals surface area (Å²) >= 11 is 4.86. The summed E-state index contributed by atoms with van der Waals surface area (Å²) in [5, 5.41) is 0. The Morgan fingerprint density at radius 3 is 2.84 bits per heavy atom. The molecular formula is C14H13BrFNOS. The van der Waals surface area contributed by atoms with Crippen LogP contribution in [-0.4, -0.2) is 12.4 Å². The van der Waals surface area contributed by atoms with Crippen molar-refractivity contribution in [1.82, 2.24) is 0 Å². The summed E-state index contributed by atoms with van der Waals surface area (Å²) in [6.07, 6.45) is 0. The highest BCUT2D eigenvalue weighted by atomic mass is 79.9. The van der Waals surface area contributed by atoms with Crippen LogP contribution in [0.4, 0.5) is 10.1 Å². The lowest BCUT2D eigenvalue weighted by Gasteiger charge is -2.08. The molecule has 0 radical (unpaired) electrons. The number of nitrogen functional groups attached to an aromatic ring is 1. The zero-order valence-electron chi connectivity index (χ0n) is 10.1. The molecule has 0 saturated carbocycles. The van der Waals surface area contributed by atoms with Gasteiger partial charge in [0.25, 0.3) is 0 Å². The molecule has 19 heavy (non-hydrogen) atoms. The quantitative estimate of drug-likeness (QED) is 0.499. The smallest absolute Gasteiger partial charge is 0.124 e. The standard InChI is InChI=1S/C14H13BrFNOS/c15-10-2-1-3-12(8-10)18-6-7-19-14-9-11(16)4-5-13(14)17/h1-5,8-9H,6-7,17H2. The van der Waals surface area contributed by atoms with Crippen molar-refractivity contribution in [3.05, 3.63) is 52.8 Å². The third-order valence-electron chi connectivity index (χ3n) is 2.38. The van der Waals surface area contributed by atoms with Gasteiger partial charge in [0, 0.05) is 20.8 Å². The van der Waals surface area contributed by atoms with Crippen molar-refractivity contribution in [1.29, 1.82) is 0 Å². The third-order valence-corrected chi connectivity index (χ3v) is 3.91. The van der Waals surface area contributed by atoms with Gasteiger partial charge in [-0.05, 0) is 36.4 Å². The van der Waals surface area contributed by atoms with E-state index in [1.807, 2.05) is 24.3 Å². The van der Waals surface area contributed by atoms with Crippen LogP contribution in [0.2, 0.25) is 0 Å². The molecule has 0 unspecified atom stereocenters. The average molecular weight is 342 g/mol. The van der Waals surface area contributed by atoms with Crippen LogP contribution in [0.3, 0.4) is 0 Å². The Bertz CT molecular complexity index is 565. The van der Waals surface area contributed by atoms with Gasteiger partial charge >= 0.3 is 0 Å². The lowest BCUT2D eigenvalue weighted by atomic mass is 10.3. The van der Waals surface area contributed by atoms with Gasteiger partial charge in [0.15, 0.2) is 0 Å². The van der Waals surface area contributed by atoms with Crippen molar-refractivity contribution in [2.24, 2.45) is 0 Å². The summed E-state index contributed by atoms with van der Waals surface area (Å²) in [5.74, 6) is 1.24. The minimum absolute atomic E-state index is 0.274. The summed E-state index contributed by atoms with van der Waals surface area (Å²) in [7, 11) is 0. The molecule has 0 aromatic heterocycles. The average Bonchev–Trinajstić information content (AvgIpc) is 2.39. The molecule has 100 valence electrons. The number of anilines is 1. The number of halogens is 2. The van der Waals surface area contributed by atoms with Crippen molar-refractivity contribution >= 4 is 33.4 Å². The van der Waals surface area contributed by atoms with Crippen LogP contribution in [-0.2, 0) is 0 Å². The van der Waals surface area contributed by atoms with Gasteiger partial charge in [-0.1, -0.05) is 22.0 Å². The molecule has 2 aromatic carbocycles. The molecule has 0 fully saturated rings. The summed E-state index contributed by atoms with van der Waals surface area (Å²) in [4.78, 5) is 0.748. The lowest BCUT2D eigenvalue weighted by molar-refractivity contribution is 0.344. The van der Waals surface area contributed by atoms with Gasteiger partial charge in [0.05, 0.1) is 6.61 Å². The first kappa shape index (κ1) is 14.2. The van der Waals surface area contributed by atoms with Crippen molar-refractivity contribution in [3.8, 4) is 5.75 Å². The first-order chi connectivity index (χ1) is 9.15. The molecule has 2 N–H and O–H groups in total.